The summed E-state index contributed by atoms with van der Waals surface area (Å²) >= 11 is 6.09. The molecule has 0 atom stereocenters. The fraction of sp³-hybridized carbons (Fsp3) is 0.625. The summed E-state index contributed by atoms with van der Waals surface area (Å²) in [6.07, 6.45) is 11.8. The fourth-order valence-corrected chi connectivity index (χ4v) is 4.98. The van der Waals surface area contributed by atoms with E-state index in [9.17, 15) is 5.11 Å². The smallest absolute Gasteiger partial charge is 0.233 e. The fourth-order valence-electron chi connectivity index (χ4n) is 4.79. The van der Waals surface area contributed by atoms with Crippen LogP contribution in [-0.2, 0) is 4.74 Å². The van der Waals surface area contributed by atoms with Crippen LogP contribution >= 0.6 is 11.6 Å². The van der Waals surface area contributed by atoms with E-state index >= 15 is 0 Å². The van der Waals surface area contributed by atoms with Gasteiger partial charge in [0, 0.05) is 31.9 Å². The number of nitrogens with zero attached hydrogens (tertiary/aromatic N) is 4. The molecule has 2 aromatic rings. The molecule has 0 unspecified atom stereocenters. The summed E-state index contributed by atoms with van der Waals surface area (Å²) in [5, 5.41) is 16.8. The molecule has 0 spiro atoms. The Morgan fingerprint density at radius 2 is 1.67 bits per heavy atom. The number of methoxy groups -OCH3 is 1. The van der Waals surface area contributed by atoms with Gasteiger partial charge in [-0.1, -0.05) is 37.3 Å². The van der Waals surface area contributed by atoms with Gasteiger partial charge in [0.25, 0.3) is 0 Å². The normalized spacial score (nSPS) is 21.9. The van der Waals surface area contributed by atoms with Gasteiger partial charge in [-0.2, -0.15) is 15.0 Å². The van der Waals surface area contributed by atoms with E-state index in [4.69, 9.17) is 26.3 Å². The highest BCUT2D eigenvalue weighted by molar-refractivity contribution is 6.32. The third kappa shape index (κ3) is 6.38. The minimum Gasteiger partial charge on any atom is -0.506 e. The molecule has 9 heteroatoms. The SMILES string of the molecule is COC1CCC(N(C)c2nc(Nc3ccc(O)c(Cl)c3)nc(NC3CCCCCC3)n2)CC1. The van der Waals surface area contributed by atoms with Crippen LogP contribution in [0.15, 0.2) is 18.2 Å². The number of halogens is 1. The van der Waals surface area contributed by atoms with Gasteiger partial charge >= 0.3 is 0 Å². The molecule has 0 amide bonds. The molecule has 0 bridgehead atoms. The molecule has 1 aromatic heterocycles. The predicted molar refractivity (Wildman–Crippen MR) is 133 cm³/mol. The van der Waals surface area contributed by atoms with Crippen molar-refractivity contribution in [2.75, 3.05) is 29.7 Å². The second kappa shape index (κ2) is 11.2. The molecule has 2 aliphatic rings. The Bertz CT molecular complexity index is 914. The lowest BCUT2D eigenvalue weighted by atomic mass is 9.92. The molecular weight excluding hydrogens is 440 g/mol. The Kier molecular flexibility index (Phi) is 8.09. The van der Waals surface area contributed by atoms with Crippen molar-refractivity contribution in [3.8, 4) is 5.75 Å². The van der Waals surface area contributed by atoms with E-state index in [2.05, 4.69) is 27.6 Å². The van der Waals surface area contributed by atoms with Crippen molar-refractivity contribution < 1.29 is 9.84 Å². The maximum atomic E-state index is 9.73. The van der Waals surface area contributed by atoms with Crippen molar-refractivity contribution in [3.63, 3.8) is 0 Å². The van der Waals surface area contributed by atoms with Gasteiger partial charge in [-0.25, -0.2) is 0 Å². The first-order valence-electron chi connectivity index (χ1n) is 12.1. The van der Waals surface area contributed by atoms with E-state index < -0.39 is 0 Å². The number of ether oxygens (including phenoxy) is 1. The molecule has 0 saturated heterocycles. The Labute approximate surface area is 201 Å². The van der Waals surface area contributed by atoms with E-state index in [-0.39, 0.29) is 10.8 Å². The summed E-state index contributed by atoms with van der Waals surface area (Å²) in [6, 6.07) is 5.70. The Morgan fingerprint density at radius 3 is 2.33 bits per heavy atom. The third-order valence-electron chi connectivity index (χ3n) is 6.86. The van der Waals surface area contributed by atoms with Crippen molar-refractivity contribution in [3.05, 3.63) is 23.2 Å². The van der Waals surface area contributed by atoms with E-state index in [1.165, 1.54) is 25.7 Å². The second-order valence-electron chi connectivity index (χ2n) is 9.18. The van der Waals surface area contributed by atoms with E-state index in [1.807, 2.05) is 0 Å². The lowest BCUT2D eigenvalue weighted by molar-refractivity contribution is 0.0659. The predicted octanol–water partition coefficient (Wildman–Crippen LogP) is 5.50. The van der Waals surface area contributed by atoms with Gasteiger partial charge in [0.2, 0.25) is 17.8 Å². The van der Waals surface area contributed by atoms with Crippen molar-refractivity contribution in [1.29, 1.82) is 0 Å². The Morgan fingerprint density at radius 1 is 0.970 bits per heavy atom. The van der Waals surface area contributed by atoms with Gasteiger partial charge in [0.1, 0.15) is 5.75 Å². The number of phenols is 1. The number of hydrogen-bond acceptors (Lipinski definition) is 8. The van der Waals surface area contributed by atoms with Crippen LogP contribution in [0, 0.1) is 0 Å². The number of hydrogen-bond donors (Lipinski definition) is 3. The van der Waals surface area contributed by atoms with Gasteiger partial charge in [-0.05, 0) is 56.7 Å². The standard InChI is InChI=1S/C24H35ClN6O2/c1-31(18-10-12-19(33-2)13-11-18)24-29-22(26-16-7-5-3-4-6-8-16)28-23(30-24)27-17-9-14-21(32)20(25)15-17/h9,14-16,18-19,32H,3-8,10-13H2,1-2H3,(H2,26,27,28,29,30). The van der Waals surface area contributed by atoms with Crippen LogP contribution in [0.2, 0.25) is 5.02 Å². The first kappa shape index (κ1) is 23.8. The van der Waals surface area contributed by atoms with Gasteiger partial charge in [0.05, 0.1) is 11.1 Å². The van der Waals surface area contributed by atoms with Crippen molar-refractivity contribution in [2.24, 2.45) is 0 Å². The number of aromatic hydroxyl groups is 1. The summed E-state index contributed by atoms with van der Waals surface area (Å²) in [7, 11) is 3.85. The van der Waals surface area contributed by atoms with Crippen molar-refractivity contribution in [1.82, 2.24) is 15.0 Å². The number of aromatic nitrogens is 3. The maximum absolute atomic E-state index is 9.73. The minimum atomic E-state index is 0.0423. The monoisotopic (exact) mass is 474 g/mol. The number of phenolic OH excluding ortho intramolecular Hbond substituents is 1. The third-order valence-corrected chi connectivity index (χ3v) is 7.16. The zero-order valence-corrected chi connectivity index (χ0v) is 20.3. The molecule has 3 N–H and O–H groups in total. The highest BCUT2D eigenvalue weighted by atomic mass is 35.5. The number of rotatable bonds is 7. The zero-order chi connectivity index (χ0) is 23.2. The average Bonchev–Trinajstić information content (AvgIpc) is 3.09. The summed E-state index contributed by atoms with van der Waals surface area (Å²) < 4.78 is 5.53. The van der Waals surface area contributed by atoms with E-state index in [0.717, 1.165) is 38.5 Å². The quantitative estimate of drug-likeness (QED) is 0.357. The summed E-state index contributed by atoms with van der Waals surface area (Å²) in [5.41, 5.74) is 0.707. The minimum absolute atomic E-state index is 0.0423. The highest BCUT2D eigenvalue weighted by Crippen LogP contribution is 2.30. The summed E-state index contributed by atoms with van der Waals surface area (Å²) in [5.74, 6) is 1.74. The summed E-state index contributed by atoms with van der Waals surface area (Å²) in [6.45, 7) is 0. The molecule has 1 aromatic carbocycles. The number of anilines is 4. The topological polar surface area (TPSA) is 95.4 Å². The van der Waals surface area contributed by atoms with Gasteiger partial charge in [0.15, 0.2) is 0 Å². The summed E-state index contributed by atoms with van der Waals surface area (Å²) in [4.78, 5) is 16.4. The van der Waals surface area contributed by atoms with Crippen LogP contribution < -0.4 is 15.5 Å². The van der Waals surface area contributed by atoms with Crippen molar-refractivity contribution in [2.45, 2.75) is 82.4 Å². The molecule has 8 nitrogen and oxygen atoms in total. The van der Waals surface area contributed by atoms with E-state index in [0.29, 0.717) is 41.7 Å². The lowest BCUT2D eigenvalue weighted by Crippen LogP contribution is -2.38. The molecule has 1 heterocycles. The van der Waals surface area contributed by atoms with Crippen molar-refractivity contribution >= 4 is 35.1 Å². The highest BCUT2D eigenvalue weighted by Gasteiger charge is 2.26. The Balaban J connectivity index is 1.57. The zero-order valence-electron chi connectivity index (χ0n) is 19.6. The van der Waals surface area contributed by atoms with Crippen LogP contribution in [0.25, 0.3) is 0 Å². The second-order valence-corrected chi connectivity index (χ2v) is 9.59. The lowest BCUT2D eigenvalue weighted by Gasteiger charge is -2.34. The maximum Gasteiger partial charge on any atom is 0.233 e. The van der Waals surface area contributed by atoms with Gasteiger partial charge in [-0.15, -0.1) is 0 Å². The van der Waals surface area contributed by atoms with Crippen LogP contribution in [0.1, 0.15) is 64.2 Å². The largest absolute Gasteiger partial charge is 0.506 e. The van der Waals surface area contributed by atoms with Gasteiger partial charge in [-0.3, -0.25) is 0 Å². The Hall–Kier alpha value is -2.32. The van der Waals surface area contributed by atoms with Crippen LogP contribution in [0.5, 0.6) is 5.75 Å². The van der Waals surface area contributed by atoms with Crippen LogP contribution in [0.3, 0.4) is 0 Å². The molecule has 0 aliphatic heterocycles. The molecule has 0 radical (unpaired) electrons. The molecule has 2 aliphatic carbocycles. The molecule has 33 heavy (non-hydrogen) atoms. The average molecular weight is 475 g/mol. The van der Waals surface area contributed by atoms with Gasteiger partial charge < -0.3 is 25.4 Å². The number of nitrogens with one attached hydrogen (secondary N) is 2. The molecule has 2 saturated carbocycles. The first-order valence-corrected chi connectivity index (χ1v) is 12.4. The molecule has 4 rings (SSSR count). The van der Waals surface area contributed by atoms with Crippen LogP contribution in [0.4, 0.5) is 23.5 Å². The van der Waals surface area contributed by atoms with E-state index in [1.54, 1.807) is 25.3 Å². The molecule has 180 valence electrons. The number of benzene rings is 1. The molecule has 2 fully saturated rings. The van der Waals surface area contributed by atoms with Crippen LogP contribution in [-0.4, -0.2) is 52.4 Å². The molecular formula is C24H35ClN6O2. The first-order chi connectivity index (χ1) is 16.0.